The molecule has 0 heterocycles. The summed E-state index contributed by atoms with van der Waals surface area (Å²) < 4.78 is 4.41. The number of halogens is 1. The molecule has 0 aliphatic carbocycles. The van der Waals surface area contributed by atoms with E-state index in [4.69, 9.17) is 5.73 Å². The maximum Gasteiger partial charge on any atom is 0.322 e. The van der Waals surface area contributed by atoms with Crippen molar-refractivity contribution in [1.82, 2.24) is 0 Å². The molecular weight excluding hydrogens is 154 g/mol. The lowest BCUT2D eigenvalue weighted by Crippen LogP contribution is -2.36. The fraction of sp³-hybridized carbons (Fsp3) is 0.833. The number of carbonyl (C=O) groups is 1. The third kappa shape index (κ3) is 3.69. The molecule has 0 unspecified atom stereocenters. The van der Waals surface area contributed by atoms with E-state index in [1.54, 1.807) is 0 Å². The van der Waals surface area contributed by atoms with Crippen LogP contribution in [0.3, 0.4) is 0 Å². The van der Waals surface area contributed by atoms with Crippen LogP contribution < -0.4 is 5.73 Å². The molecular formula is C6H14ClNO2. The Morgan fingerprint density at radius 3 is 2.00 bits per heavy atom. The maximum atomic E-state index is 10.6. The standard InChI is InChI=1S/C6H13NO2.ClH/c1-4(2)5(7)6(8)9-3;/h4-5H,7H2,1-3H3;1H/t5-;/m1./s1. The number of hydrogen-bond donors (Lipinski definition) is 1. The summed E-state index contributed by atoms with van der Waals surface area (Å²) in [5.41, 5.74) is 5.40. The molecule has 2 N–H and O–H groups in total. The first-order valence-electron chi connectivity index (χ1n) is 2.93. The number of esters is 1. The Morgan fingerprint density at radius 1 is 1.50 bits per heavy atom. The minimum Gasteiger partial charge on any atom is -0.468 e. The van der Waals surface area contributed by atoms with Crippen LogP contribution in [0.2, 0.25) is 0 Å². The minimum absolute atomic E-state index is 0. The smallest absolute Gasteiger partial charge is 0.322 e. The highest BCUT2D eigenvalue weighted by Gasteiger charge is 2.16. The van der Waals surface area contributed by atoms with E-state index in [9.17, 15) is 4.79 Å². The van der Waals surface area contributed by atoms with Crippen molar-refractivity contribution < 1.29 is 9.53 Å². The first-order valence-corrected chi connectivity index (χ1v) is 2.93. The molecule has 0 radical (unpaired) electrons. The van der Waals surface area contributed by atoms with Crippen LogP contribution in [0.4, 0.5) is 0 Å². The lowest BCUT2D eigenvalue weighted by atomic mass is 10.1. The van der Waals surface area contributed by atoms with Crippen LogP contribution in [0.25, 0.3) is 0 Å². The molecule has 0 amide bonds. The van der Waals surface area contributed by atoms with E-state index in [1.807, 2.05) is 13.8 Å². The van der Waals surface area contributed by atoms with E-state index in [1.165, 1.54) is 7.11 Å². The van der Waals surface area contributed by atoms with Crippen LogP contribution in [0.5, 0.6) is 0 Å². The highest BCUT2D eigenvalue weighted by Crippen LogP contribution is 1.98. The van der Waals surface area contributed by atoms with Gasteiger partial charge in [-0.15, -0.1) is 12.4 Å². The zero-order chi connectivity index (χ0) is 7.44. The molecule has 3 nitrogen and oxygen atoms in total. The van der Waals surface area contributed by atoms with Gasteiger partial charge in [0.05, 0.1) is 7.11 Å². The monoisotopic (exact) mass is 167 g/mol. The summed E-state index contributed by atoms with van der Waals surface area (Å²) in [6, 6.07) is -0.477. The number of rotatable bonds is 2. The first-order chi connectivity index (χ1) is 4.09. The predicted molar refractivity (Wildman–Crippen MR) is 42.1 cm³/mol. The fourth-order valence-corrected chi connectivity index (χ4v) is 0.408. The van der Waals surface area contributed by atoms with Gasteiger partial charge in [0.1, 0.15) is 6.04 Å². The normalized spacial score (nSPS) is 12.1. The molecule has 0 aromatic rings. The second-order valence-electron chi connectivity index (χ2n) is 2.29. The Kier molecular flexibility index (Phi) is 6.82. The number of ether oxygens (including phenoxy) is 1. The summed E-state index contributed by atoms with van der Waals surface area (Å²) in [5, 5.41) is 0. The number of carbonyl (C=O) groups excluding carboxylic acids is 1. The Labute approximate surface area is 67.3 Å². The van der Waals surface area contributed by atoms with Gasteiger partial charge in [0.25, 0.3) is 0 Å². The summed E-state index contributed by atoms with van der Waals surface area (Å²) >= 11 is 0. The summed E-state index contributed by atoms with van der Waals surface area (Å²) in [6.45, 7) is 3.75. The van der Waals surface area contributed by atoms with Gasteiger partial charge in [-0.3, -0.25) is 4.79 Å². The first kappa shape index (κ1) is 12.4. The SMILES string of the molecule is COC(=O)[C@H](N)C(C)C.Cl. The average Bonchev–Trinajstić information content (AvgIpc) is 1.84. The van der Waals surface area contributed by atoms with Gasteiger partial charge in [-0.2, -0.15) is 0 Å². The molecule has 0 fully saturated rings. The second-order valence-corrected chi connectivity index (χ2v) is 2.29. The summed E-state index contributed by atoms with van der Waals surface area (Å²) in [4.78, 5) is 10.6. The molecule has 0 aliphatic rings. The van der Waals surface area contributed by atoms with Crippen LogP contribution in [-0.2, 0) is 9.53 Å². The van der Waals surface area contributed by atoms with Gasteiger partial charge in [-0.05, 0) is 5.92 Å². The van der Waals surface area contributed by atoms with Crippen molar-refractivity contribution in [1.29, 1.82) is 0 Å². The Morgan fingerprint density at radius 2 is 1.90 bits per heavy atom. The van der Waals surface area contributed by atoms with Crippen molar-refractivity contribution in [3.8, 4) is 0 Å². The van der Waals surface area contributed by atoms with Crippen LogP contribution in [0, 0.1) is 5.92 Å². The summed E-state index contributed by atoms with van der Waals surface area (Å²) in [6.07, 6.45) is 0. The number of hydrogen-bond acceptors (Lipinski definition) is 3. The van der Waals surface area contributed by atoms with Gasteiger partial charge in [0.2, 0.25) is 0 Å². The van der Waals surface area contributed by atoms with Crippen molar-refractivity contribution in [3.05, 3.63) is 0 Å². The van der Waals surface area contributed by atoms with Crippen molar-refractivity contribution in [2.75, 3.05) is 7.11 Å². The Balaban J connectivity index is 0. The van der Waals surface area contributed by atoms with Gasteiger partial charge in [-0.1, -0.05) is 13.8 Å². The van der Waals surface area contributed by atoms with E-state index in [0.717, 1.165) is 0 Å². The molecule has 62 valence electrons. The van der Waals surface area contributed by atoms with Crippen LogP contribution in [-0.4, -0.2) is 19.1 Å². The maximum absolute atomic E-state index is 10.6. The van der Waals surface area contributed by atoms with Crippen molar-refractivity contribution in [2.45, 2.75) is 19.9 Å². The third-order valence-corrected chi connectivity index (χ3v) is 1.19. The zero-order valence-electron chi connectivity index (χ0n) is 6.46. The lowest BCUT2D eigenvalue weighted by Gasteiger charge is -2.11. The average molecular weight is 168 g/mol. The molecule has 0 aliphatic heterocycles. The molecule has 10 heavy (non-hydrogen) atoms. The molecule has 0 spiro atoms. The molecule has 0 rings (SSSR count). The lowest BCUT2D eigenvalue weighted by molar-refractivity contribution is -0.143. The van der Waals surface area contributed by atoms with Gasteiger partial charge in [0.15, 0.2) is 0 Å². The molecule has 1 atom stereocenters. The van der Waals surface area contributed by atoms with Crippen LogP contribution in [0.15, 0.2) is 0 Å². The summed E-state index contributed by atoms with van der Waals surface area (Å²) in [5.74, 6) is -0.192. The van der Waals surface area contributed by atoms with Gasteiger partial charge in [-0.25, -0.2) is 0 Å². The van der Waals surface area contributed by atoms with Gasteiger partial charge < -0.3 is 10.5 Å². The van der Waals surface area contributed by atoms with E-state index < -0.39 is 6.04 Å². The molecule has 0 aromatic heterocycles. The zero-order valence-corrected chi connectivity index (χ0v) is 7.27. The van der Waals surface area contributed by atoms with E-state index in [0.29, 0.717) is 0 Å². The molecule has 4 heteroatoms. The van der Waals surface area contributed by atoms with Crippen molar-refractivity contribution in [2.24, 2.45) is 11.7 Å². The predicted octanol–water partition coefficient (Wildman–Crippen LogP) is 0.565. The van der Waals surface area contributed by atoms with Gasteiger partial charge >= 0.3 is 5.97 Å². The van der Waals surface area contributed by atoms with Crippen molar-refractivity contribution in [3.63, 3.8) is 0 Å². The van der Waals surface area contributed by atoms with Crippen LogP contribution >= 0.6 is 12.4 Å². The molecule has 0 saturated heterocycles. The fourth-order valence-electron chi connectivity index (χ4n) is 0.408. The largest absolute Gasteiger partial charge is 0.468 e. The topological polar surface area (TPSA) is 52.3 Å². The summed E-state index contributed by atoms with van der Waals surface area (Å²) in [7, 11) is 1.34. The third-order valence-electron chi connectivity index (χ3n) is 1.19. The second kappa shape index (κ2) is 5.50. The number of methoxy groups -OCH3 is 1. The molecule has 0 bridgehead atoms. The minimum atomic E-state index is -0.477. The van der Waals surface area contributed by atoms with Crippen LogP contribution in [0.1, 0.15) is 13.8 Å². The van der Waals surface area contributed by atoms with Gasteiger partial charge in [0, 0.05) is 0 Å². The quantitative estimate of drug-likeness (QED) is 0.612. The number of nitrogens with two attached hydrogens (primary N) is 1. The van der Waals surface area contributed by atoms with E-state index in [2.05, 4.69) is 4.74 Å². The highest BCUT2D eigenvalue weighted by atomic mass is 35.5. The molecule has 0 aromatic carbocycles. The highest BCUT2D eigenvalue weighted by molar-refractivity contribution is 5.85. The van der Waals surface area contributed by atoms with Crippen molar-refractivity contribution >= 4 is 18.4 Å². The molecule has 0 saturated carbocycles. The van der Waals surface area contributed by atoms with E-state index >= 15 is 0 Å². The Bertz CT molecular complexity index is 106. The Hall–Kier alpha value is -0.280. The van der Waals surface area contributed by atoms with E-state index in [-0.39, 0.29) is 24.3 Å².